The highest BCUT2D eigenvalue weighted by atomic mass is 35.5. The Hall–Kier alpha value is -2.75. The number of rotatable bonds is 4. The lowest BCUT2D eigenvalue weighted by molar-refractivity contribution is 0.911. The smallest absolute Gasteiger partial charge is 0.130 e. The molecule has 4 aromatic heterocycles. The van der Waals surface area contributed by atoms with Crippen molar-refractivity contribution in [2.45, 2.75) is 40.0 Å². The maximum absolute atomic E-state index is 9.38. The van der Waals surface area contributed by atoms with E-state index in [0.29, 0.717) is 38.4 Å². The Kier molecular flexibility index (Phi) is 9.64. The van der Waals surface area contributed by atoms with Crippen LogP contribution in [0.4, 0.5) is 0 Å². The second-order valence-electron chi connectivity index (χ2n) is 8.44. The highest BCUT2D eigenvalue weighted by Crippen LogP contribution is 2.25. The van der Waals surface area contributed by atoms with Crippen molar-refractivity contribution in [3.05, 3.63) is 114 Å². The second-order valence-corrected chi connectivity index (χ2v) is 9.99. The predicted octanol–water partition coefficient (Wildman–Crippen LogP) is 8.05. The normalized spacial score (nSPS) is 10.6. The van der Waals surface area contributed by atoms with Crippen LogP contribution < -0.4 is 0 Å². The number of halogens is 4. The average molecular weight is 559 g/mol. The Morgan fingerprint density at radius 3 is 1.22 bits per heavy atom. The van der Waals surface area contributed by atoms with Crippen LogP contribution in [0.5, 0.6) is 0 Å². The molecule has 4 rings (SSSR count). The molecule has 0 N–H and O–H groups in total. The zero-order valence-electron chi connectivity index (χ0n) is 20.2. The standard InChI is InChI=1S/C14H11Cl2N3.C13H12Cl2N2/c1-8-3-11(18-13(15)5-8)10(7-17)12-4-9(2)6-14(16)19-12;1-8-3-10(16-12(14)5-8)7-11-4-9(2)6-13(15)17-11/h3-6,10H,1-2H3;3-6H,7H2,1-2H3. The van der Waals surface area contributed by atoms with Crippen molar-refractivity contribution < 1.29 is 0 Å². The first-order chi connectivity index (χ1) is 17.0. The van der Waals surface area contributed by atoms with E-state index in [1.165, 1.54) is 0 Å². The summed E-state index contributed by atoms with van der Waals surface area (Å²) < 4.78 is 0. The first-order valence-electron chi connectivity index (χ1n) is 11.0. The van der Waals surface area contributed by atoms with Crippen molar-refractivity contribution in [1.82, 2.24) is 19.9 Å². The number of hydrogen-bond donors (Lipinski definition) is 0. The zero-order chi connectivity index (χ0) is 26.4. The van der Waals surface area contributed by atoms with Gasteiger partial charge in [-0.05, 0) is 98.5 Å². The van der Waals surface area contributed by atoms with Crippen molar-refractivity contribution in [2.24, 2.45) is 0 Å². The van der Waals surface area contributed by atoms with Gasteiger partial charge in [0.2, 0.25) is 0 Å². The molecule has 0 amide bonds. The third kappa shape index (κ3) is 8.15. The van der Waals surface area contributed by atoms with Gasteiger partial charge >= 0.3 is 0 Å². The molecule has 9 heteroatoms. The number of pyridine rings is 4. The first kappa shape index (κ1) is 27.8. The molecular weight excluding hydrogens is 536 g/mol. The summed E-state index contributed by atoms with van der Waals surface area (Å²) in [6.07, 6.45) is 0.642. The summed E-state index contributed by atoms with van der Waals surface area (Å²) in [5.41, 5.74) is 7.08. The fraction of sp³-hybridized carbons (Fsp3) is 0.222. The zero-order valence-corrected chi connectivity index (χ0v) is 23.2. The van der Waals surface area contributed by atoms with E-state index in [1.807, 2.05) is 64.1 Å². The van der Waals surface area contributed by atoms with Gasteiger partial charge in [0, 0.05) is 17.8 Å². The van der Waals surface area contributed by atoms with Crippen LogP contribution in [0.3, 0.4) is 0 Å². The molecule has 4 aromatic rings. The van der Waals surface area contributed by atoms with Crippen LogP contribution in [0, 0.1) is 39.0 Å². The molecule has 0 atom stereocenters. The lowest BCUT2D eigenvalue weighted by Gasteiger charge is -2.10. The quantitative estimate of drug-likeness (QED) is 0.237. The summed E-state index contributed by atoms with van der Waals surface area (Å²) >= 11 is 23.7. The number of hydrogen-bond acceptors (Lipinski definition) is 5. The van der Waals surface area contributed by atoms with Gasteiger partial charge < -0.3 is 0 Å². The van der Waals surface area contributed by atoms with Gasteiger partial charge in [-0.2, -0.15) is 5.26 Å². The van der Waals surface area contributed by atoms with Crippen LogP contribution in [0.25, 0.3) is 0 Å². The van der Waals surface area contributed by atoms with Gasteiger partial charge in [-0.15, -0.1) is 0 Å². The van der Waals surface area contributed by atoms with E-state index in [9.17, 15) is 5.26 Å². The summed E-state index contributed by atoms with van der Waals surface area (Å²) in [5, 5.41) is 11.1. The predicted molar refractivity (Wildman–Crippen MR) is 146 cm³/mol. The lowest BCUT2D eigenvalue weighted by Crippen LogP contribution is -2.05. The van der Waals surface area contributed by atoms with Gasteiger partial charge in [0.15, 0.2) is 0 Å². The van der Waals surface area contributed by atoms with Crippen molar-refractivity contribution in [3.8, 4) is 6.07 Å². The Labute approximate surface area is 231 Å². The molecule has 0 radical (unpaired) electrons. The molecule has 0 saturated carbocycles. The van der Waals surface area contributed by atoms with Crippen molar-refractivity contribution >= 4 is 46.4 Å². The minimum atomic E-state index is -0.574. The van der Waals surface area contributed by atoms with Crippen LogP contribution in [-0.4, -0.2) is 19.9 Å². The van der Waals surface area contributed by atoms with E-state index in [0.717, 1.165) is 33.6 Å². The Morgan fingerprint density at radius 1 is 0.583 bits per heavy atom. The van der Waals surface area contributed by atoms with Crippen molar-refractivity contribution in [1.29, 1.82) is 5.26 Å². The molecule has 0 aromatic carbocycles. The van der Waals surface area contributed by atoms with Gasteiger partial charge in [0.25, 0.3) is 0 Å². The van der Waals surface area contributed by atoms with Crippen molar-refractivity contribution in [2.75, 3.05) is 0 Å². The molecule has 0 bridgehead atoms. The molecule has 4 heterocycles. The molecular formula is C27H23Cl4N5. The van der Waals surface area contributed by atoms with Crippen LogP contribution in [0.1, 0.15) is 50.9 Å². The Morgan fingerprint density at radius 2 is 0.917 bits per heavy atom. The summed E-state index contributed by atoms with van der Waals surface area (Å²) in [6.45, 7) is 7.80. The first-order valence-corrected chi connectivity index (χ1v) is 12.5. The highest BCUT2D eigenvalue weighted by Gasteiger charge is 2.18. The molecule has 36 heavy (non-hydrogen) atoms. The van der Waals surface area contributed by atoms with Crippen LogP contribution in [0.2, 0.25) is 20.6 Å². The molecule has 0 unspecified atom stereocenters. The number of aromatic nitrogens is 4. The van der Waals surface area contributed by atoms with E-state index >= 15 is 0 Å². The SMILES string of the molecule is Cc1cc(Cl)nc(C(C#N)c2cc(C)cc(Cl)n2)c1.Cc1cc(Cl)nc(Cc2cc(C)cc(Cl)n2)c1. The van der Waals surface area contributed by atoms with Gasteiger partial charge in [0.05, 0.1) is 17.5 Å². The van der Waals surface area contributed by atoms with Gasteiger partial charge in [-0.25, -0.2) is 19.9 Å². The minimum absolute atomic E-state index is 0.369. The molecule has 0 aliphatic heterocycles. The van der Waals surface area contributed by atoms with E-state index < -0.39 is 5.92 Å². The highest BCUT2D eigenvalue weighted by molar-refractivity contribution is 6.30. The summed E-state index contributed by atoms with van der Waals surface area (Å²) in [7, 11) is 0. The number of nitrogens with zero attached hydrogens (tertiary/aromatic N) is 5. The van der Waals surface area contributed by atoms with Gasteiger partial charge in [-0.3, -0.25) is 0 Å². The molecule has 0 aliphatic rings. The maximum Gasteiger partial charge on any atom is 0.130 e. The number of aryl methyl sites for hydroxylation is 4. The third-order valence-corrected chi connectivity index (χ3v) is 5.76. The average Bonchev–Trinajstić information content (AvgIpc) is 2.72. The molecule has 0 spiro atoms. The molecule has 0 saturated heterocycles. The topological polar surface area (TPSA) is 75.3 Å². The van der Waals surface area contributed by atoms with E-state index in [1.54, 1.807) is 12.1 Å². The van der Waals surface area contributed by atoms with E-state index in [4.69, 9.17) is 46.4 Å². The van der Waals surface area contributed by atoms with E-state index in [2.05, 4.69) is 26.0 Å². The minimum Gasteiger partial charge on any atom is -0.241 e. The summed E-state index contributed by atoms with van der Waals surface area (Å²) in [6, 6.07) is 17.0. The molecule has 0 aliphatic carbocycles. The molecule has 0 fully saturated rings. The lowest BCUT2D eigenvalue weighted by atomic mass is 9.99. The Balaban J connectivity index is 0.000000202. The van der Waals surface area contributed by atoms with Crippen LogP contribution in [0.15, 0.2) is 48.5 Å². The largest absolute Gasteiger partial charge is 0.241 e. The monoisotopic (exact) mass is 557 g/mol. The van der Waals surface area contributed by atoms with Gasteiger partial charge in [-0.1, -0.05) is 46.4 Å². The molecule has 5 nitrogen and oxygen atoms in total. The van der Waals surface area contributed by atoms with E-state index in [-0.39, 0.29) is 0 Å². The third-order valence-electron chi connectivity index (χ3n) is 4.98. The molecule has 184 valence electrons. The fourth-order valence-corrected chi connectivity index (χ4v) is 4.74. The maximum atomic E-state index is 9.38. The fourth-order valence-electron chi connectivity index (χ4n) is 3.64. The number of nitriles is 1. The second kappa shape index (κ2) is 12.5. The van der Waals surface area contributed by atoms with Crippen LogP contribution >= 0.6 is 46.4 Å². The van der Waals surface area contributed by atoms with Crippen LogP contribution in [-0.2, 0) is 6.42 Å². The van der Waals surface area contributed by atoms with Gasteiger partial charge in [0.1, 0.15) is 26.5 Å². The van der Waals surface area contributed by atoms with Crippen molar-refractivity contribution in [3.63, 3.8) is 0 Å². The Bertz CT molecular complexity index is 1250. The summed E-state index contributed by atoms with van der Waals surface area (Å²) in [5.74, 6) is -0.574. The summed E-state index contributed by atoms with van der Waals surface area (Å²) in [4.78, 5) is 16.9.